The van der Waals surface area contributed by atoms with Gasteiger partial charge in [-0.25, -0.2) is 9.97 Å². The Morgan fingerprint density at radius 2 is 2.24 bits per heavy atom. The molecule has 3 heterocycles. The molecule has 0 unspecified atom stereocenters. The van der Waals surface area contributed by atoms with Gasteiger partial charge in [0.25, 0.3) is 0 Å². The molecule has 0 aliphatic carbocycles. The van der Waals surface area contributed by atoms with Crippen LogP contribution in [0.4, 0.5) is 5.13 Å². The van der Waals surface area contributed by atoms with E-state index in [2.05, 4.69) is 14.9 Å². The topological polar surface area (TPSA) is 58.6 Å². The monoisotopic (exact) mass is 324 g/mol. The summed E-state index contributed by atoms with van der Waals surface area (Å²) in [5, 5.41) is 5.51. The number of anilines is 1. The molecule has 21 heavy (non-hydrogen) atoms. The van der Waals surface area contributed by atoms with Crippen LogP contribution in [-0.2, 0) is 9.53 Å². The molecule has 1 atom stereocenters. The van der Waals surface area contributed by atoms with E-state index in [0.29, 0.717) is 19.7 Å². The Kier molecular flexibility index (Phi) is 4.59. The first-order valence-electron chi connectivity index (χ1n) is 6.63. The Labute approximate surface area is 131 Å². The molecule has 0 spiro atoms. The molecule has 0 bridgehead atoms. The maximum Gasteiger partial charge on any atom is 0.242 e. The third-order valence-corrected chi connectivity index (χ3v) is 5.03. The fourth-order valence-corrected chi connectivity index (χ4v) is 3.48. The zero-order chi connectivity index (χ0) is 14.7. The Morgan fingerprint density at radius 3 is 2.95 bits per heavy atom. The molecule has 0 saturated carbocycles. The van der Waals surface area contributed by atoms with Gasteiger partial charge in [0.2, 0.25) is 5.91 Å². The average molecular weight is 324 g/mol. The highest BCUT2D eigenvalue weighted by Gasteiger charge is 2.26. The molecule has 0 radical (unpaired) electrons. The number of likely N-dealkylation sites (N-methyl/N-ethyl adjacent to an activating group) is 1. The van der Waals surface area contributed by atoms with Crippen molar-refractivity contribution >= 4 is 33.7 Å². The predicted octanol–water partition coefficient (Wildman–Crippen LogP) is 1.64. The number of amides is 1. The molecule has 3 rings (SSSR count). The molecule has 2 aromatic heterocycles. The molecule has 1 aliphatic rings. The van der Waals surface area contributed by atoms with Crippen molar-refractivity contribution in [2.24, 2.45) is 0 Å². The SMILES string of the molecule is CN(C(=O)CN1CCO[C@@H](c2nccs2)C1)c1nccs1. The highest BCUT2D eigenvalue weighted by molar-refractivity contribution is 7.13. The Morgan fingerprint density at radius 1 is 1.43 bits per heavy atom. The zero-order valence-electron chi connectivity index (χ0n) is 11.6. The summed E-state index contributed by atoms with van der Waals surface area (Å²) in [4.78, 5) is 24.5. The Hall–Kier alpha value is -1.35. The van der Waals surface area contributed by atoms with E-state index in [1.807, 2.05) is 10.8 Å². The standard InChI is InChI=1S/C13H16N4O2S2/c1-16(13-15-3-7-21-13)11(18)9-17-4-5-19-10(8-17)12-14-2-6-20-12/h2-3,6-7,10H,4-5,8-9H2,1H3/t10-/m1/s1. The van der Waals surface area contributed by atoms with Crippen molar-refractivity contribution in [3.05, 3.63) is 28.2 Å². The molecule has 0 aromatic carbocycles. The van der Waals surface area contributed by atoms with Gasteiger partial charge in [0.05, 0.1) is 13.2 Å². The van der Waals surface area contributed by atoms with Crippen LogP contribution in [-0.4, -0.2) is 54.1 Å². The number of hydrogen-bond acceptors (Lipinski definition) is 7. The number of ether oxygens (including phenoxy) is 1. The second kappa shape index (κ2) is 6.61. The van der Waals surface area contributed by atoms with E-state index >= 15 is 0 Å². The molecular formula is C13H16N4O2S2. The molecule has 112 valence electrons. The molecule has 0 N–H and O–H groups in total. The van der Waals surface area contributed by atoms with Crippen molar-refractivity contribution in [1.29, 1.82) is 0 Å². The van der Waals surface area contributed by atoms with E-state index in [4.69, 9.17) is 4.74 Å². The van der Waals surface area contributed by atoms with Crippen LogP contribution in [0.1, 0.15) is 11.1 Å². The molecule has 1 aliphatic heterocycles. The number of morpholine rings is 1. The third kappa shape index (κ3) is 3.46. The van der Waals surface area contributed by atoms with Crippen LogP contribution in [0.25, 0.3) is 0 Å². The van der Waals surface area contributed by atoms with E-state index in [0.717, 1.165) is 16.7 Å². The summed E-state index contributed by atoms with van der Waals surface area (Å²) in [7, 11) is 1.76. The lowest BCUT2D eigenvalue weighted by atomic mass is 10.2. The van der Waals surface area contributed by atoms with Crippen molar-refractivity contribution in [3.63, 3.8) is 0 Å². The first-order valence-corrected chi connectivity index (χ1v) is 8.39. The number of hydrogen-bond donors (Lipinski definition) is 0. The molecule has 1 saturated heterocycles. The normalized spacial score (nSPS) is 19.6. The number of carbonyl (C=O) groups excluding carboxylic acids is 1. The number of aromatic nitrogens is 2. The minimum atomic E-state index is -0.0308. The van der Waals surface area contributed by atoms with Crippen LogP contribution in [0.3, 0.4) is 0 Å². The van der Waals surface area contributed by atoms with Crippen LogP contribution in [0.5, 0.6) is 0 Å². The molecule has 6 nitrogen and oxygen atoms in total. The maximum atomic E-state index is 12.3. The van der Waals surface area contributed by atoms with Crippen LogP contribution in [0.15, 0.2) is 23.2 Å². The quantitative estimate of drug-likeness (QED) is 0.856. The fraction of sp³-hybridized carbons (Fsp3) is 0.462. The lowest BCUT2D eigenvalue weighted by Crippen LogP contribution is -2.44. The van der Waals surface area contributed by atoms with Crippen LogP contribution < -0.4 is 4.90 Å². The lowest BCUT2D eigenvalue weighted by molar-refractivity contribution is -0.121. The number of nitrogens with zero attached hydrogens (tertiary/aromatic N) is 4. The minimum absolute atomic E-state index is 0.0308. The van der Waals surface area contributed by atoms with Crippen molar-refractivity contribution in [1.82, 2.24) is 14.9 Å². The van der Waals surface area contributed by atoms with Gasteiger partial charge in [-0.1, -0.05) is 0 Å². The Bertz CT molecular complexity index is 573. The highest BCUT2D eigenvalue weighted by Crippen LogP contribution is 2.24. The first kappa shape index (κ1) is 14.6. The summed E-state index contributed by atoms with van der Waals surface area (Å²) in [5.41, 5.74) is 0. The van der Waals surface area contributed by atoms with Crippen molar-refractivity contribution in [2.45, 2.75) is 6.10 Å². The molecule has 1 amide bonds. The van der Waals surface area contributed by atoms with Gasteiger partial charge in [0.15, 0.2) is 5.13 Å². The van der Waals surface area contributed by atoms with Crippen molar-refractivity contribution in [3.8, 4) is 0 Å². The van der Waals surface area contributed by atoms with Gasteiger partial charge in [-0.15, -0.1) is 22.7 Å². The summed E-state index contributed by atoms with van der Waals surface area (Å²) < 4.78 is 5.74. The van der Waals surface area contributed by atoms with Crippen LogP contribution in [0, 0.1) is 0 Å². The van der Waals surface area contributed by atoms with Gasteiger partial charge in [-0.05, 0) is 0 Å². The second-order valence-electron chi connectivity index (χ2n) is 4.73. The number of carbonyl (C=O) groups is 1. The summed E-state index contributed by atoms with van der Waals surface area (Å²) >= 11 is 3.05. The number of thiazole rings is 2. The van der Waals surface area contributed by atoms with Gasteiger partial charge < -0.3 is 4.74 Å². The summed E-state index contributed by atoms with van der Waals surface area (Å²) in [6.07, 6.45) is 3.46. The maximum absolute atomic E-state index is 12.3. The molecule has 1 fully saturated rings. The lowest BCUT2D eigenvalue weighted by Gasteiger charge is -2.32. The van der Waals surface area contributed by atoms with E-state index in [1.165, 1.54) is 11.3 Å². The van der Waals surface area contributed by atoms with Gasteiger partial charge in [-0.2, -0.15) is 0 Å². The molecule has 8 heteroatoms. The molecule has 2 aromatic rings. The van der Waals surface area contributed by atoms with E-state index < -0.39 is 0 Å². The van der Waals surface area contributed by atoms with E-state index in [9.17, 15) is 4.79 Å². The van der Waals surface area contributed by atoms with Crippen LogP contribution >= 0.6 is 22.7 Å². The third-order valence-electron chi connectivity index (χ3n) is 3.32. The van der Waals surface area contributed by atoms with Gasteiger partial charge in [-0.3, -0.25) is 14.6 Å². The predicted molar refractivity (Wildman–Crippen MR) is 82.8 cm³/mol. The summed E-state index contributed by atoms with van der Waals surface area (Å²) in [6.45, 7) is 2.46. The van der Waals surface area contributed by atoms with Gasteiger partial charge in [0.1, 0.15) is 11.1 Å². The average Bonchev–Trinajstić information content (AvgIpc) is 3.20. The smallest absolute Gasteiger partial charge is 0.242 e. The summed E-state index contributed by atoms with van der Waals surface area (Å²) in [5.74, 6) is 0.0461. The van der Waals surface area contributed by atoms with Gasteiger partial charge >= 0.3 is 0 Å². The highest BCUT2D eigenvalue weighted by atomic mass is 32.1. The second-order valence-corrected chi connectivity index (χ2v) is 6.53. The van der Waals surface area contributed by atoms with Crippen molar-refractivity contribution in [2.75, 3.05) is 38.2 Å². The van der Waals surface area contributed by atoms with Crippen molar-refractivity contribution < 1.29 is 9.53 Å². The largest absolute Gasteiger partial charge is 0.368 e. The number of rotatable bonds is 4. The van der Waals surface area contributed by atoms with E-state index in [-0.39, 0.29) is 12.0 Å². The zero-order valence-corrected chi connectivity index (χ0v) is 13.3. The summed E-state index contributed by atoms with van der Waals surface area (Å²) in [6, 6.07) is 0. The van der Waals surface area contributed by atoms with E-state index in [1.54, 1.807) is 35.7 Å². The first-order chi connectivity index (χ1) is 10.2. The fourth-order valence-electron chi connectivity index (χ4n) is 2.17. The van der Waals surface area contributed by atoms with Crippen LogP contribution in [0.2, 0.25) is 0 Å². The van der Waals surface area contributed by atoms with Gasteiger partial charge in [0, 0.05) is 43.3 Å². The Balaban J connectivity index is 1.58. The minimum Gasteiger partial charge on any atom is -0.368 e. The molecular weight excluding hydrogens is 308 g/mol.